The second-order valence-electron chi connectivity index (χ2n) is 7.19. The Morgan fingerprint density at radius 3 is 2.67 bits per heavy atom. The van der Waals surface area contributed by atoms with Gasteiger partial charge < -0.3 is 15.7 Å². The SMILES string of the molecule is CCNC(=NCC1(O)CCC1)NC1CN(C2CC2)CC1C. The molecule has 120 valence electrons. The number of nitrogens with one attached hydrogen (secondary N) is 2. The molecule has 3 N–H and O–H groups in total. The smallest absolute Gasteiger partial charge is 0.191 e. The summed E-state index contributed by atoms with van der Waals surface area (Å²) >= 11 is 0. The molecule has 3 rings (SSSR count). The molecule has 0 aromatic rings. The Kier molecular flexibility index (Phi) is 4.41. The predicted octanol–water partition coefficient (Wildman–Crippen LogP) is 0.939. The molecule has 5 heteroatoms. The number of hydrogen-bond acceptors (Lipinski definition) is 3. The fourth-order valence-electron chi connectivity index (χ4n) is 3.39. The van der Waals surface area contributed by atoms with Crippen LogP contribution in [0.4, 0.5) is 0 Å². The molecule has 0 aromatic carbocycles. The summed E-state index contributed by atoms with van der Waals surface area (Å²) in [5, 5.41) is 17.1. The van der Waals surface area contributed by atoms with Crippen LogP contribution in [0.25, 0.3) is 0 Å². The van der Waals surface area contributed by atoms with Crippen LogP contribution in [-0.4, -0.2) is 59.8 Å². The Morgan fingerprint density at radius 2 is 2.10 bits per heavy atom. The average Bonchev–Trinajstić information content (AvgIpc) is 3.20. The maximum absolute atomic E-state index is 10.2. The normalized spacial score (nSPS) is 32.8. The van der Waals surface area contributed by atoms with Crippen molar-refractivity contribution in [2.24, 2.45) is 10.9 Å². The minimum Gasteiger partial charge on any atom is -0.388 e. The van der Waals surface area contributed by atoms with E-state index in [1.807, 2.05) is 0 Å². The van der Waals surface area contributed by atoms with Crippen LogP contribution in [0.15, 0.2) is 4.99 Å². The number of guanidine groups is 1. The topological polar surface area (TPSA) is 59.9 Å². The molecule has 2 unspecified atom stereocenters. The van der Waals surface area contributed by atoms with Gasteiger partial charge in [-0.05, 0) is 44.9 Å². The fourth-order valence-corrected chi connectivity index (χ4v) is 3.39. The van der Waals surface area contributed by atoms with E-state index in [2.05, 4.69) is 34.4 Å². The van der Waals surface area contributed by atoms with Crippen LogP contribution >= 0.6 is 0 Å². The molecule has 0 aromatic heterocycles. The highest BCUT2D eigenvalue weighted by molar-refractivity contribution is 5.80. The number of likely N-dealkylation sites (tertiary alicyclic amines) is 1. The van der Waals surface area contributed by atoms with Crippen molar-refractivity contribution in [1.82, 2.24) is 15.5 Å². The van der Waals surface area contributed by atoms with E-state index in [0.717, 1.165) is 44.4 Å². The van der Waals surface area contributed by atoms with Crippen LogP contribution in [0.2, 0.25) is 0 Å². The van der Waals surface area contributed by atoms with E-state index in [-0.39, 0.29) is 0 Å². The number of aliphatic hydroxyl groups is 1. The predicted molar refractivity (Wildman–Crippen MR) is 85.5 cm³/mol. The summed E-state index contributed by atoms with van der Waals surface area (Å²) in [5.74, 6) is 1.52. The minimum atomic E-state index is -0.538. The van der Waals surface area contributed by atoms with Crippen molar-refractivity contribution in [2.75, 3.05) is 26.2 Å². The standard InChI is InChI=1S/C16H30N4O/c1-3-17-15(18-11-16(21)7-4-8-16)19-14-10-20(9-12(14)2)13-5-6-13/h12-14,21H,3-11H2,1-2H3,(H2,17,18,19). The van der Waals surface area contributed by atoms with Crippen molar-refractivity contribution in [3.8, 4) is 0 Å². The molecule has 0 amide bonds. The Hall–Kier alpha value is -0.810. The third-order valence-corrected chi connectivity index (χ3v) is 5.19. The first-order valence-electron chi connectivity index (χ1n) is 8.61. The van der Waals surface area contributed by atoms with Gasteiger partial charge in [0.25, 0.3) is 0 Å². The van der Waals surface area contributed by atoms with Gasteiger partial charge in [-0.25, -0.2) is 0 Å². The van der Waals surface area contributed by atoms with E-state index < -0.39 is 5.60 Å². The summed E-state index contributed by atoms with van der Waals surface area (Å²) < 4.78 is 0. The van der Waals surface area contributed by atoms with Crippen molar-refractivity contribution in [1.29, 1.82) is 0 Å². The second-order valence-corrected chi connectivity index (χ2v) is 7.19. The van der Waals surface area contributed by atoms with Crippen molar-refractivity contribution in [2.45, 2.75) is 63.6 Å². The minimum absolute atomic E-state index is 0.472. The zero-order chi connectivity index (χ0) is 14.9. The van der Waals surface area contributed by atoms with Crippen LogP contribution < -0.4 is 10.6 Å². The van der Waals surface area contributed by atoms with Crippen LogP contribution in [0.5, 0.6) is 0 Å². The maximum Gasteiger partial charge on any atom is 0.191 e. The summed E-state index contributed by atoms with van der Waals surface area (Å²) in [6.07, 6.45) is 5.67. The summed E-state index contributed by atoms with van der Waals surface area (Å²) in [6.45, 7) is 8.12. The summed E-state index contributed by atoms with van der Waals surface area (Å²) in [4.78, 5) is 7.23. The molecule has 1 aliphatic heterocycles. The molecule has 0 spiro atoms. The lowest BCUT2D eigenvalue weighted by molar-refractivity contribution is -0.0236. The molecule has 2 atom stereocenters. The molecule has 1 saturated heterocycles. The van der Waals surface area contributed by atoms with Crippen LogP contribution in [0.1, 0.15) is 46.0 Å². The monoisotopic (exact) mass is 294 g/mol. The van der Waals surface area contributed by atoms with Gasteiger partial charge in [0.05, 0.1) is 12.1 Å². The summed E-state index contributed by atoms with van der Waals surface area (Å²) in [6, 6.07) is 1.31. The first-order chi connectivity index (χ1) is 10.1. The Labute approximate surface area is 128 Å². The van der Waals surface area contributed by atoms with E-state index in [1.165, 1.54) is 19.4 Å². The lowest BCUT2D eigenvalue weighted by Crippen LogP contribution is -2.48. The zero-order valence-electron chi connectivity index (χ0n) is 13.4. The van der Waals surface area contributed by atoms with Crippen molar-refractivity contribution < 1.29 is 5.11 Å². The number of rotatable bonds is 5. The van der Waals surface area contributed by atoms with Crippen molar-refractivity contribution >= 4 is 5.96 Å². The van der Waals surface area contributed by atoms with Gasteiger partial charge in [-0.2, -0.15) is 0 Å². The molecule has 1 heterocycles. The molecule has 2 saturated carbocycles. The molecule has 5 nitrogen and oxygen atoms in total. The van der Waals surface area contributed by atoms with Gasteiger partial charge in [-0.3, -0.25) is 9.89 Å². The number of hydrogen-bond donors (Lipinski definition) is 3. The van der Waals surface area contributed by atoms with Gasteiger partial charge in [-0.1, -0.05) is 6.92 Å². The maximum atomic E-state index is 10.2. The first kappa shape index (κ1) is 15.1. The van der Waals surface area contributed by atoms with E-state index >= 15 is 0 Å². The lowest BCUT2D eigenvalue weighted by atomic mass is 9.80. The second kappa shape index (κ2) is 6.13. The van der Waals surface area contributed by atoms with E-state index in [4.69, 9.17) is 0 Å². The lowest BCUT2D eigenvalue weighted by Gasteiger charge is -2.35. The molecule has 3 aliphatic rings. The van der Waals surface area contributed by atoms with Crippen LogP contribution in [-0.2, 0) is 0 Å². The van der Waals surface area contributed by atoms with Crippen LogP contribution in [0.3, 0.4) is 0 Å². The highest BCUT2D eigenvalue weighted by Crippen LogP contribution is 2.32. The molecular weight excluding hydrogens is 264 g/mol. The largest absolute Gasteiger partial charge is 0.388 e. The Morgan fingerprint density at radius 1 is 1.33 bits per heavy atom. The third kappa shape index (κ3) is 3.69. The van der Waals surface area contributed by atoms with Gasteiger partial charge in [0.15, 0.2) is 5.96 Å². The van der Waals surface area contributed by atoms with Crippen LogP contribution in [0, 0.1) is 5.92 Å². The highest BCUT2D eigenvalue weighted by Gasteiger charge is 2.38. The van der Waals surface area contributed by atoms with Gasteiger partial charge in [0.1, 0.15) is 0 Å². The third-order valence-electron chi connectivity index (χ3n) is 5.19. The number of aliphatic imine (C=N–C) groups is 1. The van der Waals surface area contributed by atoms with Gasteiger partial charge in [0.2, 0.25) is 0 Å². The average molecular weight is 294 g/mol. The molecule has 3 fully saturated rings. The fraction of sp³-hybridized carbons (Fsp3) is 0.938. The molecule has 21 heavy (non-hydrogen) atoms. The molecule has 2 aliphatic carbocycles. The molecule has 0 radical (unpaired) electrons. The van der Waals surface area contributed by atoms with Gasteiger partial charge >= 0.3 is 0 Å². The summed E-state index contributed by atoms with van der Waals surface area (Å²) in [7, 11) is 0. The zero-order valence-corrected chi connectivity index (χ0v) is 13.4. The molecule has 0 bridgehead atoms. The Balaban J connectivity index is 1.55. The quantitative estimate of drug-likeness (QED) is 0.522. The van der Waals surface area contributed by atoms with Gasteiger partial charge in [0, 0.05) is 31.7 Å². The van der Waals surface area contributed by atoms with E-state index in [0.29, 0.717) is 18.5 Å². The Bertz CT molecular complexity index is 390. The summed E-state index contributed by atoms with van der Waals surface area (Å²) in [5.41, 5.74) is -0.538. The van der Waals surface area contributed by atoms with E-state index in [9.17, 15) is 5.11 Å². The first-order valence-corrected chi connectivity index (χ1v) is 8.61. The highest BCUT2D eigenvalue weighted by atomic mass is 16.3. The van der Waals surface area contributed by atoms with Crippen molar-refractivity contribution in [3.63, 3.8) is 0 Å². The van der Waals surface area contributed by atoms with Crippen molar-refractivity contribution in [3.05, 3.63) is 0 Å². The van der Waals surface area contributed by atoms with Gasteiger partial charge in [-0.15, -0.1) is 0 Å². The number of nitrogens with zero attached hydrogens (tertiary/aromatic N) is 2. The van der Waals surface area contributed by atoms with E-state index in [1.54, 1.807) is 0 Å². The molecular formula is C16H30N4O.